The van der Waals surface area contributed by atoms with Crippen molar-refractivity contribution in [3.05, 3.63) is 93.5 Å². The summed E-state index contributed by atoms with van der Waals surface area (Å²) in [5.41, 5.74) is 2.90. The minimum absolute atomic E-state index is 0.0223. The number of Topliss-reactive ketones (excluding diaryl/α,β-unsaturated/α-hetero) is 1. The molecule has 7 nitrogen and oxygen atoms in total. The van der Waals surface area contributed by atoms with Crippen LogP contribution in [0.4, 0.5) is 0 Å². The van der Waals surface area contributed by atoms with Gasteiger partial charge in [-0.2, -0.15) is 0 Å². The van der Waals surface area contributed by atoms with E-state index >= 15 is 0 Å². The Morgan fingerprint density at radius 1 is 0.900 bits per heavy atom. The molecule has 1 saturated heterocycles. The highest BCUT2D eigenvalue weighted by Gasteiger charge is 2.46. The molecule has 1 amide bonds. The zero-order valence-electron chi connectivity index (χ0n) is 23.6. The summed E-state index contributed by atoms with van der Waals surface area (Å²) in [7, 11) is 4.49. The molecule has 0 aromatic heterocycles. The second-order valence-corrected chi connectivity index (χ2v) is 11.1. The highest BCUT2D eigenvalue weighted by atomic mass is 35.5. The Hall–Kier alpha value is -3.97. The summed E-state index contributed by atoms with van der Waals surface area (Å²) >= 11 is 6.27. The molecule has 0 bridgehead atoms. The third kappa shape index (κ3) is 5.65. The second kappa shape index (κ2) is 11.6. The van der Waals surface area contributed by atoms with Crippen LogP contribution in [0.25, 0.3) is 5.76 Å². The number of hydrogen-bond acceptors (Lipinski definition) is 6. The van der Waals surface area contributed by atoms with Crippen molar-refractivity contribution >= 4 is 29.1 Å². The normalized spacial score (nSPS) is 16.8. The summed E-state index contributed by atoms with van der Waals surface area (Å²) in [5, 5.41) is 11.9. The molecule has 0 spiro atoms. The van der Waals surface area contributed by atoms with Gasteiger partial charge in [-0.25, -0.2) is 0 Å². The Kier molecular flexibility index (Phi) is 8.45. The molecule has 4 rings (SSSR count). The standard InChI is InChI=1S/C32H34ClNO6/c1-32(2,3)21-11-9-20(10-12-21)28-27(29(35)23-17-26(40-6)24(33)18-25(23)39-5)30(36)31(37)34(28)16-15-19-7-13-22(38-4)14-8-19/h7-14,17-18,28,35H,15-16H2,1-6H3/b29-27+. The van der Waals surface area contributed by atoms with Crippen LogP contribution in [0.1, 0.15) is 49.1 Å². The number of ketones is 1. The van der Waals surface area contributed by atoms with E-state index in [-0.39, 0.29) is 39.6 Å². The SMILES string of the molecule is COc1ccc(CCN2C(=O)C(=O)/C(=C(/O)c3cc(OC)c(Cl)cc3OC)C2c2ccc(C(C)(C)C)cc2)cc1. The Balaban J connectivity index is 1.84. The Morgan fingerprint density at radius 3 is 2.08 bits per heavy atom. The maximum absolute atomic E-state index is 13.5. The lowest BCUT2D eigenvalue weighted by molar-refractivity contribution is -0.139. The van der Waals surface area contributed by atoms with E-state index in [2.05, 4.69) is 20.8 Å². The van der Waals surface area contributed by atoms with Crippen LogP contribution in [-0.2, 0) is 21.4 Å². The quantitative estimate of drug-likeness (QED) is 0.196. The minimum atomic E-state index is -0.807. The zero-order chi connectivity index (χ0) is 29.2. The van der Waals surface area contributed by atoms with Gasteiger partial charge in [0, 0.05) is 12.6 Å². The predicted octanol–water partition coefficient (Wildman–Crippen LogP) is 6.33. The number of nitrogens with zero attached hydrogens (tertiary/aromatic N) is 1. The van der Waals surface area contributed by atoms with Crippen LogP contribution in [0.5, 0.6) is 17.2 Å². The monoisotopic (exact) mass is 563 g/mol. The fourth-order valence-electron chi connectivity index (χ4n) is 4.85. The number of likely N-dealkylation sites (tertiary alicyclic amines) is 1. The van der Waals surface area contributed by atoms with Crippen LogP contribution >= 0.6 is 11.6 Å². The number of ether oxygens (including phenoxy) is 3. The summed E-state index contributed by atoms with van der Waals surface area (Å²) in [6.07, 6.45) is 0.506. The van der Waals surface area contributed by atoms with Gasteiger partial charge in [0.25, 0.3) is 11.7 Å². The van der Waals surface area contributed by atoms with E-state index in [0.29, 0.717) is 17.7 Å². The van der Waals surface area contributed by atoms with Gasteiger partial charge < -0.3 is 24.2 Å². The summed E-state index contributed by atoms with van der Waals surface area (Å²) in [5.74, 6) is -0.538. The maximum atomic E-state index is 13.5. The average Bonchev–Trinajstić information content (AvgIpc) is 3.20. The molecule has 1 aliphatic rings. The van der Waals surface area contributed by atoms with Gasteiger partial charge in [0.2, 0.25) is 0 Å². The molecule has 1 unspecified atom stereocenters. The zero-order valence-corrected chi connectivity index (χ0v) is 24.3. The fraction of sp³-hybridized carbons (Fsp3) is 0.312. The van der Waals surface area contributed by atoms with E-state index in [4.69, 9.17) is 25.8 Å². The van der Waals surface area contributed by atoms with Crippen molar-refractivity contribution in [3.8, 4) is 17.2 Å². The molecule has 0 radical (unpaired) electrons. The maximum Gasteiger partial charge on any atom is 0.295 e. The predicted molar refractivity (Wildman–Crippen MR) is 155 cm³/mol. The number of hydrogen-bond donors (Lipinski definition) is 1. The number of aliphatic hydroxyl groups is 1. The van der Waals surface area contributed by atoms with Crippen molar-refractivity contribution < 1.29 is 28.9 Å². The van der Waals surface area contributed by atoms with Gasteiger partial charge >= 0.3 is 0 Å². The van der Waals surface area contributed by atoms with Gasteiger partial charge in [0.1, 0.15) is 23.0 Å². The lowest BCUT2D eigenvalue weighted by Gasteiger charge is -2.27. The molecule has 3 aromatic carbocycles. The van der Waals surface area contributed by atoms with Crippen LogP contribution in [0.15, 0.2) is 66.2 Å². The van der Waals surface area contributed by atoms with Crippen molar-refractivity contribution in [1.29, 1.82) is 0 Å². The van der Waals surface area contributed by atoms with Crippen LogP contribution < -0.4 is 14.2 Å². The largest absolute Gasteiger partial charge is 0.507 e. The third-order valence-electron chi connectivity index (χ3n) is 7.16. The molecule has 1 heterocycles. The summed E-state index contributed by atoms with van der Waals surface area (Å²) < 4.78 is 16.0. The number of halogens is 1. The van der Waals surface area contributed by atoms with Crippen LogP contribution in [0, 0.1) is 0 Å². The average molecular weight is 564 g/mol. The first kappa shape index (κ1) is 29.0. The van der Waals surface area contributed by atoms with Crippen molar-refractivity contribution in [3.63, 3.8) is 0 Å². The fourth-order valence-corrected chi connectivity index (χ4v) is 5.09. The summed E-state index contributed by atoms with van der Waals surface area (Å²) in [6.45, 7) is 6.61. The molecule has 40 heavy (non-hydrogen) atoms. The van der Waals surface area contributed by atoms with Crippen molar-refractivity contribution in [2.75, 3.05) is 27.9 Å². The Bertz CT molecular complexity index is 1440. The van der Waals surface area contributed by atoms with E-state index in [9.17, 15) is 14.7 Å². The molecule has 0 saturated carbocycles. The second-order valence-electron chi connectivity index (χ2n) is 10.6. The van der Waals surface area contributed by atoms with Crippen LogP contribution in [0.3, 0.4) is 0 Å². The molecular formula is C32H34ClNO6. The van der Waals surface area contributed by atoms with E-state index in [1.807, 2.05) is 48.5 Å². The number of benzene rings is 3. The van der Waals surface area contributed by atoms with Crippen LogP contribution in [-0.4, -0.2) is 49.6 Å². The first-order valence-corrected chi connectivity index (χ1v) is 13.3. The molecule has 1 fully saturated rings. The molecule has 8 heteroatoms. The molecule has 1 N–H and O–H groups in total. The van der Waals surface area contributed by atoms with E-state index in [1.54, 1.807) is 7.11 Å². The van der Waals surface area contributed by atoms with Gasteiger partial charge in [-0.15, -0.1) is 0 Å². The van der Waals surface area contributed by atoms with Crippen molar-refractivity contribution in [1.82, 2.24) is 4.90 Å². The highest BCUT2D eigenvalue weighted by Crippen LogP contribution is 2.43. The third-order valence-corrected chi connectivity index (χ3v) is 7.46. The van der Waals surface area contributed by atoms with E-state index < -0.39 is 17.7 Å². The van der Waals surface area contributed by atoms with Crippen LogP contribution in [0.2, 0.25) is 5.02 Å². The van der Waals surface area contributed by atoms with Crippen molar-refractivity contribution in [2.45, 2.75) is 38.6 Å². The number of amides is 1. The topological polar surface area (TPSA) is 85.3 Å². The minimum Gasteiger partial charge on any atom is -0.507 e. The van der Waals surface area contributed by atoms with Crippen molar-refractivity contribution in [2.24, 2.45) is 0 Å². The van der Waals surface area contributed by atoms with Gasteiger partial charge in [0.05, 0.1) is 43.5 Å². The highest BCUT2D eigenvalue weighted by molar-refractivity contribution is 6.46. The molecule has 3 aromatic rings. The molecular weight excluding hydrogens is 530 g/mol. The van der Waals surface area contributed by atoms with Gasteiger partial charge in [0.15, 0.2) is 0 Å². The molecule has 1 atom stereocenters. The van der Waals surface area contributed by atoms with Gasteiger partial charge in [-0.3, -0.25) is 9.59 Å². The lowest BCUT2D eigenvalue weighted by Crippen LogP contribution is -2.31. The van der Waals surface area contributed by atoms with Gasteiger partial charge in [-0.1, -0.05) is 68.8 Å². The number of rotatable bonds is 8. The number of aliphatic hydroxyl groups excluding tert-OH is 1. The number of methoxy groups -OCH3 is 3. The first-order chi connectivity index (χ1) is 19.0. The lowest BCUT2D eigenvalue weighted by atomic mass is 9.85. The summed E-state index contributed by atoms with van der Waals surface area (Å²) in [6, 6.07) is 17.5. The Labute approximate surface area is 239 Å². The van der Waals surface area contributed by atoms with E-state index in [1.165, 1.54) is 31.3 Å². The van der Waals surface area contributed by atoms with E-state index in [0.717, 1.165) is 16.9 Å². The number of carbonyl (C=O) groups is 2. The van der Waals surface area contributed by atoms with Gasteiger partial charge in [-0.05, 0) is 46.7 Å². The Morgan fingerprint density at radius 2 is 1.52 bits per heavy atom. The summed E-state index contributed by atoms with van der Waals surface area (Å²) in [4.78, 5) is 28.5. The molecule has 0 aliphatic carbocycles. The smallest absolute Gasteiger partial charge is 0.295 e. The molecule has 210 valence electrons. The number of carbonyl (C=O) groups excluding carboxylic acids is 2. The molecule has 1 aliphatic heterocycles. The first-order valence-electron chi connectivity index (χ1n) is 12.9.